The normalized spacial score (nSPS) is 11.3. The lowest BCUT2D eigenvalue weighted by atomic mass is 10.2. The zero-order valence-electron chi connectivity index (χ0n) is 10.8. The third-order valence-corrected chi connectivity index (χ3v) is 3.68. The molecule has 0 aliphatic rings. The molecule has 1 aromatic carbocycles. The predicted molar refractivity (Wildman–Crippen MR) is 78.9 cm³/mol. The number of hydrogen-bond donors (Lipinski definition) is 1. The summed E-state index contributed by atoms with van der Waals surface area (Å²) in [6.45, 7) is 2.69. The Bertz CT molecular complexity index is 756. The first-order chi connectivity index (χ1) is 9.04. The van der Waals surface area contributed by atoms with Gasteiger partial charge in [0.05, 0.1) is 23.3 Å². The Morgan fingerprint density at radius 2 is 2.16 bits per heavy atom. The minimum Gasteiger partial charge on any atom is -0.369 e. The highest BCUT2D eigenvalue weighted by Gasteiger charge is 2.11. The largest absolute Gasteiger partial charge is 0.369 e. The Kier molecular flexibility index (Phi) is 2.82. The van der Waals surface area contributed by atoms with Crippen LogP contribution in [-0.4, -0.2) is 19.3 Å². The molecule has 2 N–H and O–H groups in total. The van der Waals surface area contributed by atoms with Gasteiger partial charge in [-0.15, -0.1) is 0 Å². The minimum atomic E-state index is 0.524. The molecule has 6 heteroatoms. The van der Waals surface area contributed by atoms with E-state index in [0.717, 1.165) is 26.8 Å². The Balaban J connectivity index is 2.10. The van der Waals surface area contributed by atoms with Gasteiger partial charge in [0.25, 0.3) is 0 Å². The maximum Gasteiger partial charge on any atom is 0.201 e. The van der Waals surface area contributed by atoms with Crippen LogP contribution >= 0.6 is 15.9 Å². The molecular weight excluding hydrogens is 306 g/mol. The molecule has 0 unspecified atom stereocenters. The van der Waals surface area contributed by atoms with E-state index in [1.54, 1.807) is 0 Å². The Labute approximate surface area is 119 Å². The van der Waals surface area contributed by atoms with Crippen LogP contribution in [0.1, 0.15) is 11.3 Å². The topological polar surface area (TPSA) is 61.7 Å². The summed E-state index contributed by atoms with van der Waals surface area (Å²) in [4.78, 5) is 4.39. The lowest BCUT2D eigenvalue weighted by molar-refractivity contribution is 0.756. The summed E-state index contributed by atoms with van der Waals surface area (Å²) in [5.41, 5.74) is 10.1. The van der Waals surface area contributed by atoms with Crippen molar-refractivity contribution in [3.05, 3.63) is 40.1 Å². The van der Waals surface area contributed by atoms with Crippen molar-refractivity contribution in [3.8, 4) is 0 Å². The second-order valence-corrected chi connectivity index (χ2v) is 5.52. The quantitative estimate of drug-likeness (QED) is 0.789. The van der Waals surface area contributed by atoms with Crippen molar-refractivity contribution in [3.63, 3.8) is 0 Å². The minimum absolute atomic E-state index is 0.524. The molecule has 98 valence electrons. The van der Waals surface area contributed by atoms with Crippen LogP contribution in [-0.2, 0) is 13.6 Å². The van der Waals surface area contributed by atoms with E-state index in [9.17, 15) is 0 Å². The smallest absolute Gasteiger partial charge is 0.201 e. The van der Waals surface area contributed by atoms with Crippen LogP contribution < -0.4 is 5.73 Å². The van der Waals surface area contributed by atoms with E-state index in [2.05, 4.69) is 26.0 Å². The van der Waals surface area contributed by atoms with Crippen molar-refractivity contribution >= 4 is 32.9 Å². The van der Waals surface area contributed by atoms with Gasteiger partial charge in [0, 0.05) is 23.3 Å². The molecule has 2 aromatic heterocycles. The molecule has 0 fully saturated rings. The second-order valence-electron chi connectivity index (χ2n) is 4.60. The van der Waals surface area contributed by atoms with Crippen molar-refractivity contribution in [1.82, 2.24) is 19.3 Å². The molecule has 0 aliphatic carbocycles. The summed E-state index contributed by atoms with van der Waals surface area (Å²) >= 11 is 3.44. The highest BCUT2D eigenvalue weighted by atomic mass is 79.9. The highest BCUT2D eigenvalue weighted by molar-refractivity contribution is 9.10. The van der Waals surface area contributed by atoms with Crippen LogP contribution in [0, 0.1) is 6.92 Å². The molecule has 3 rings (SSSR count). The van der Waals surface area contributed by atoms with Crippen LogP contribution in [0.15, 0.2) is 28.9 Å². The lowest BCUT2D eigenvalue weighted by Gasteiger charge is -2.05. The molecule has 0 saturated heterocycles. The summed E-state index contributed by atoms with van der Waals surface area (Å²) in [6, 6.07) is 5.99. The van der Waals surface area contributed by atoms with Gasteiger partial charge in [0.1, 0.15) is 0 Å². The number of nitrogens with zero attached hydrogens (tertiary/aromatic N) is 4. The van der Waals surface area contributed by atoms with E-state index in [1.165, 1.54) is 0 Å². The van der Waals surface area contributed by atoms with Gasteiger partial charge in [-0.3, -0.25) is 4.68 Å². The zero-order valence-corrected chi connectivity index (χ0v) is 12.3. The number of halogens is 1. The molecule has 0 aliphatic heterocycles. The van der Waals surface area contributed by atoms with Crippen molar-refractivity contribution in [2.75, 3.05) is 5.73 Å². The standard InChI is InChI=1S/C13H14BrN5/c1-8-9(6-18(2)17-8)7-19-12-4-3-10(14)5-11(12)16-13(19)15/h3-6H,7H2,1-2H3,(H2,15,16). The van der Waals surface area contributed by atoms with Gasteiger partial charge < -0.3 is 10.3 Å². The summed E-state index contributed by atoms with van der Waals surface area (Å²) in [5.74, 6) is 0.524. The maximum atomic E-state index is 6.02. The average Bonchev–Trinajstić information content (AvgIpc) is 2.80. The molecule has 0 amide bonds. The molecule has 0 atom stereocenters. The average molecular weight is 320 g/mol. The first-order valence-electron chi connectivity index (χ1n) is 5.95. The Morgan fingerprint density at radius 1 is 1.37 bits per heavy atom. The van der Waals surface area contributed by atoms with Gasteiger partial charge in [-0.2, -0.15) is 5.10 Å². The van der Waals surface area contributed by atoms with Crippen LogP contribution in [0.4, 0.5) is 5.95 Å². The molecule has 19 heavy (non-hydrogen) atoms. The number of aromatic nitrogens is 4. The summed E-state index contributed by atoms with van der Waals surface area (Å²) < 4.78 is 4.82. The number of nitrogens with two attached hydrogens (primary N) is 1. The number of nitrogen functional groups attached to an aromatic ring is 1. The first-order valence-corrected chi connectivity index (χ1v) is 6.74. The van der Waals surface area contributed by atoms with Crippen molar-refractivity contribution in [1.29, 1.82) is 0 Å². The number of fused-ring (bicyclic) bond motifs is 1. The van der Waals surface area contributed by atoms with Crippen molar-refractivity contribution in [2.45, 2.75) is 13.5 Å². The van der Waals surface area contributed by atoms with Crippen LogP contribution in [0.25, 0.3) is 11.0 Å². The zero-order chi connectivity index (χ0) is 13.6. The second kappa shape index (κ2) is 4.38. The number of imidazole rings is 1. The van der Waals surface area contributed by atoms with Gasteiger partial charge in [0.15, 0.2) is 0 Å². The van der Waals surface area contributed by atoms with Crippen LogP contribution in [0.5, 0.6) is 0 Å². The van der Waals surface area contributed by atoms with E-state index in [1.807, 2.05) is 47.6 Å². The van der Waals surface area contributed by atoms with Gasteiger partial charge in [-0.1, -0.05) is 15.9 Å². The predicted octanol–water partition coefficient (Wildman–Crippen LogP) is 2.47. The monoisotopic (exact) mass is 319 g/mol. The molecule has 2 heterocycles. The third-order valence-electron chi connectivity index (χ3n) is 3.18. The number of anilines is 1. The van der Waals surface area contributed by atoms with E-state index in [-0.39, 0.29) is 0 Å². The van der Waals surface area contributed by atoms with Crippen molar-refractivity contribution < 1.29 is 0 Å². The van der Waals surface area contributed by atoms with Crippen LogP contribution in [0.2, 0.25) is 0 Å². The van der Waals surface area contributed by atoms with Gasteiger partial charge >= 0.3 is 0 Å². The van der Waals surface area contributed by atoms with E-state index in [0.29, 0.717) is 12.5 Å². The van der Waals surface area contributed by atoms with Crippen molar-refractivity contribution in [2.24, 2.45) is 7.05 Å². The fourth-order valence-corrected chi connectivity index (χ4v) is 2.61. The highest BCUT2D eigenvalue weighted by Crippen LogP contribution is 2.23. The van der Waals surface area contributed by atoms with Gasteiger partial charge in [-0.05, 0) is 25.1 Å². The molecule has 5 nitrogen and oxygen atoms in total. The number of hydrogen-bond acceptors (Lipinski definition) is 3. The lowest BCUT2D eigenvalue weighted by Crippen LogP contribution is -2.04. The molecule has 3 aromatic rings. The Hall–Kier alpha value is -1.82. The van der Waals surface area contributed by atoms with Gasteiger partial charge in [0.2, 0.25) is 5.95 Å². The molecular formula is C13H14BrN5. The number of benzene rings is 1. The van der Waals surface area contributed by atoms with Gasteiger partial charge in [-0.25, -0.2) is 4.98 Å². The molecule has 0 saturated carbocycles. The fourth-order valence-electron chi connectivity index (χ4n) is 2.26. The molecule has 0 bridgehead atoms. The SMILES string of the molecule is Cc1nn(C)cc1Cn1c(N)nc2cc(Br)ccc21. The van der Waals surface area contributed by atoms with E-state index >= 15 is 0 Å². The number of rotatable bonds is 2. The summed E-state index contributed by atoms with van der Waals surface area (Å²) in [6.07, 6.45) is 2.01. The first kappa shape index (κ1) is 12.2. The summed E-state index contributed by atoms with van der Waals surface area (Å²) in [5, 5.41) is 4.35. The Morgan fingerprint density at radius 3 is 2.84 bits per heavy atom. The van der Waals surface area contributed by atoms with E-state index < -0.39 is 0 Å². The third kappa shape index (κ3) is 2.12. The van der Waals surface area contributed by atoms with E-state index in [4.69, 9.17) is 5.73 Å². The fraction of sp³-hybridized carbons (Fsp3) is 0.231. The molecule has 0 radical (unpaired) electrons. The van der Waals surface area contributed by atoms with Crippen LogP contribution in [0.3, 0.4) is 0 Å². The maximum absolute atomic E-state index is 6.02. The number of aryl methyl sites for hydroxylation is 2. The summed E-state index contributed by atoms with van der Waals surface area (Å²) in [7, 11) is 1.92. The molecule has 0 spiro atoms.